The number of ether oxygens (including phenoxy) is 6. The Morgan fingerprint density at radius 2 is 1.22 bits per heavy atom. The Kier molecular flexibility index (Phi) is 35.3. The molecule has 464 valence electrons. The highest BCUT2D eigenvalue weighted by molar-refractivity contribution is 6.60. The third-order valence-corrected chi connectivity index (χ3v) is 21.9. The monoisotopic (exact) mass is 1140 g/mol. The van der Waals surface area contributed by atoms with Crippen molar-refractivity contribution in [1.82, 2.24) is 15.5 Å². The van der Waals surface area contributed by atoms with Crippen molar-refractivity contribution >= 4 is 20.7 Å². The molecule has 0 heterocycles. The van der Waals surface area contributed by atoms with Gasteiger partial charge in [-0.1, -0.05) is 59.8 Å². The number of nitrogens with zero attached hydrogens (tertiary/aromatic N) is 1. The van der Waals surface area contributed by atoms with Gasteiger partial charge in [0, 0.05) is 83.7 Å². The number of hydrogen-bond acceptors (Lipinski definition) is 14. The standard InChI is InChI=1S/C61H120N6O11Si/c1-8-12-13-14-15-17-34-67(59(69)66-33-40-71-42-44-72-43-41-70-39-32-65-57(68)24-16-18-45-79(76-9-2,77-10-3)78-11-4)35-19-23-49(5)52-25-26-53-58-54(48-56(61(52,53)7)75-38-22-31-64)60(6)28-27-51(73-36-20-29-62)46-50(60)47-55(58)74-37-21-30-63/h49-56,58H,8-48,62-64H2,1-7H3,(H,65,68)(H,66,69)/t49-,50?,51-,52-,53+,54+,55-,56+,58?,60?,61-/m1/s1. The maximum absolute atomic E-state index is 13.8. The summed E-state index contributed by atoms with van der Waals surface area (Å²) in [6.45, 7) is 26.6. The Hall–Kier alpha value is -1.52. The molecule has 0 aliphatic heterocycles. The minimum Gasteiger partial charge on any atom is -0.378 e. The van der Waals surface area contributed by atoms with E-state index >= 15 is 0 Å². The van der Waals surface area contributed by atoms with Crippen molar-refractivity contribution in [2.24, 2.45) is 63.5 Å². The smallest absolute Gasteiger partial charge is 0.378 e. The van der Waals surface area contributed by atoms with Crippen molar-refractivity contribution in [3.8, 4) is 0 Å². The summed E-state index contributed by atoms with van der Waals surface area (Å²) in [5, 5.41) is 6.10. The zero-order valence-corrected chi connectivity index (χ0v) is 52.4. The molecule has 3 unspecified atom stereocenters. The van der Waals surface area contributed by atoms with E-state index in [4.69, 9.17) is 58.9 Å². The third kappa shape index (κ3) is 22.8. The number of urea groups is 1. The van der Waals surface area contributed by atoms with Gasteiger partial charge in [0.2, 0.25) is 5.91 Å². The highest BCUT2D eigenvalue weighted by atomic mass is 28.4. The van der Waals surface area contributed by atoms with Crippen LogP contribution in [0.25, 0.3) is 0 Å². The van der Waals surface area contributed by atoms with Crippen LogP contribution >= 0.6 is 0 Å². The summed E-state index contributed by atoms with van der Waals surface area (Å²) in [6, 6.07) is 0.709. The molecule has 79 heavy (non-hydrogen) atoms. The first-order chi connectivity index (χ1) is 38.4. The van der Waals surface area contributed by atoms with E-state index in [1.165, 1.54) is 44.9 Å². The van der Waals surface area contributed by atoms with Gasteiger partial charge in [-0.3, -0.25) is 4.79 Å². The molecule has 17 nitrogen and oxygen atoms in total. The molecule has 4 aliphatic carbocycles. The lowest BCUT2D eigenvalue weighted by Gasteiger charge is -2.65. The van der Waals surface area contributed by atoms with Crippen LogP contribution in [0.1, 0.15) is 183 Å². The Balaban J connectivity index is 1.22. The van der Waals surface area contributed by atoms with E-state index < -0.39 is 8.80 Å². The first-order valence-electron chi connectivity index (χ1n) is 32.3. The van der Waals surface area contributed by atoms with Crippen LogP contribution in [0.15, 0.2) is 0 Å². The van der Waals surface area contributed by atoms with Crippen molar-refractivity contribution in [3.63, 3.8) is 0 Å². The second kappa shape index (κ2) is 39.9. The lowest BCUT2D eigenvalue weighted by atomic mass is 9.43. The number of amides is 3. The number of carbonyl (C=O) groups is 2. The molecule has 11 atom stereocenters. The SMILES string of the molecule is CCCCCCCCN(CCC[C@@H](C)[C@H]1CC[C@H]2C3[C@H](OCCCN)CC4C[C@H](OCCCN)CCC4(C)[C@H]3C[C@H](OCCCN)[C@]12C)C(=O)NCCOCCOCCOCCNC(=O)CCCC[Si](OCC)(OCC)OCC. The fourth-order valence-electron chi connectivity index (χ4n) is 14.7. The van der Waals surface area contributed by atoms with Gasteiger partial charge in [0.15, 0.2) is 0 Å². The molecule has 0 bridgehead atoms. The van der Waals surface area contributed by atoms with Crippen LogP contribution in [0, 0.1) is 46.3 Å². The van der Waals surface area contributed by atoms with E-state index in [1.54, 1.807) is 0 Å². The summed E-state index contributed by atoms with van der Waals surface area (Å²) in [6.07, 6.45) is 22.6. The van der Waals surface area contributed by atoms with E-state index in [2.05, 4.69) is 43.2 Å². The van der Waals surface area contributed by atoms with Crippen LogP contribution in [-0.4, -0.2) is 169 Å². The van der Waals surface area contributed by atoms with Gasteiger partial charge in [-0.2, -0.15) is 0 Å². The van der Waals surface area contributed by atoms with E-state index in [0.29, 0.717) is 153 Å². The molecular weight excluding hydrogens is 1020 g/mol. The number of nitrogens with one attached hydrogen (secondary N) is 2. The molecule has 0 aromatic carbocycles. The Labute approximate surface area is 482 Å². The van der Waals surface area contributed by atoms with E-state index in [0.717, 1.165) is 110 Å². The first-order valence-corrected chi connectivity index (χ1v) is 34.2. The predicted octanol–water partition coefficient (Wildman–Crippen LogP) is 9.24. The molecule has 8 N–H and O–H groups in total. The lowest BCUT2D eigenvalue weighted by Crippen LogP contribution is -2.63. The summed E-state index contributed by atoms with van der Waals surface area (Å²) >= 11 is 0. The molecule has 18 heteroatoms. The van der Waals surface area contributed by atoms with Gasteiger partial charge in [0.25, 0.3) is 0 Å². The van der Waals surface area contributed by atoms with Crippen LogP contribution in [0.3, 0.4) is 0 Å². The van der Waals surface area contributed by atoms with E-state index in [-0.39, 0.29) is 35.0 Å². The topological polar surface area (TPSA) is 223 Å². The number of unbranched alkanes of at least 4 members (excludes halogenated alkanes) is 6. The summed E-state index contributed by atoms with van der Waals surface area (Å²) in [7, 11) is -2.67. The minimum atomic E-state index is -2.67. The fraction of sp³-hybridized carbons (Fsp3) is 0.967. The van der Waals surface area contributed by atoms with Crippen molar-refractivity contribution in [1.29, 1.82) is 0 Å². The number of rotatable bonds is 47. The van der Waals surface area contributed by atoms with Gasteiger partial charge < -0.3 is 74.4 Å². The average Bonchev–Trinajstić information content (AvgIpc) is 4.09. The third-order valence-electron chi connectivity index (χ3n) is 18.7. The fourth-order valence-corrected chi connectivity index (χ4v) is 17.3. The van der Waals surface area contributed by atoms with Gasteiger partial charge in [-0.25, -0.2) is 4.79 Å². The molecule has 4 aliphatic rings. The van der Waals surface area contributed by atoms with Crippen molar-refractivity contribution in [2.45, 2.75) is 208 Å². The van der Waals surface area contributed by atoms with Gasteiger partial charge in [-0.05, 0) is 178 Å². The van der Waals surface area contributed by atoms with E-state index in [9.17, 15) is 9.59 Å². The number of hydrogen-bond donors (Lipinski definition) is 5. The second-order valence-corrected chi connectivity index (χ2v) is 26.7. The van der Waals surface area contributed by atoms with Gasteiger partial charge in [0.05, 0.1) is 58.0 Å². The maximum atomic E-state index is 13.8. The van der Waals surface area contributed by atoms with Gasteiger partial charge in [-0.15, -0.1) is 0 Å². The van der Waals surface area contributed by atoms with Crippen LogP contribution in [-0.2, 0) is 46.5 Å². The minimum absolute atomic E-state index is 0.00000130. The van der Waals surface area contributed by atoms with Crippen LogP contribution < -0.4 is 27.8 Å². The second-order valence-electron chi connectivity index (χ2n) is 24.0. The summed E-state index contributed by atoms with van der Waals surface area (Å²) in [5.41, 5.74) is 18.2. The lowest BCUT2D eigenvalue weighted by molar-refractivity contribution is -0.227. The van der Waals surface area contributed by atoms with Crippen molar-refractivity contribution < 1.29 is 51.3 Å². The summed E-state index contributed by atoms with van der Waals surface area (Å²) in [5.74, 6) is 3.16. The molecule has 0 aromatic rings. The maximum Gasteiger partial charge on any atom is 0.500 e. The Bertz CT molecular complexity index is 1580. The van der Waals surface area contributed by atoms with Gasteiger partial charge >= 0.3 is 14.8 Å². The molecule has 0 saturated heterocycles. The molecule has 0 spiro atoms. The average molecular weight is 1140 g/mol. The predicted molar refractivity (Wildman–Crippen MR) is 318 cm³/mol. The number of nitrogens with two attached hydrogens (primary N) is 3. The Morgan fingerprint density at radius 3 is 1.86 bits per heavy atom. The number of fused-ring (bicyclic) bond motifs is 5. The van der Waals surface area contributed by atoms with Crippen molar-refractivity contribution in [3.05, 3.63) is 0 Å². The zero-order chi connectivity index (χ0) is 57.2. The van der Waals surface area contributed by atoms with Crippen LogP contribution in [0.5, 0.6) is 0 Å². The molecule has 3 amide bonds. The summed E-state index contributed by atoms with van der Waals surface area (Å²) in [4.78, 5) is 28.2. The highest BCUT2D eigenvalue weighted by Crippen LogP contribution is 2.69. The molecule has 4 saturated carbocycles. The zero-order valence-electron chi connectivity index (χ0n) is 51.4. The Morgan fingerprint density at radius 1 is 0.620 bits per heavy atom. The quantitative estimate of drug-likeness (QED) is 0.0283. The summed E-state index contributed by atoms with van der Waals surface area (Å²) < 4.78 is 55.5. The largest absolute Gasteiger partial charge is 0.500 e. The molecule has 0 aromatic heterocycles. The first kappa shape index (κ1) is 70.0. The molecular formula is C61H120N6O11Si. The normalized spacial score (nSPS) is 27.1. The van der Waals surface area contributed by atoms with E-state index in [1.807, 2.05) is 20.8 Å². The van der Waals surface area contributed by atoms with Gasteiger partial charge in [0.1, 0.15) is 0 Å². The van der Waals surface area contributed by atoms with Crippen molar-refractivity contribution in [2.75, 3.05) is 125 Å². The molecule has 4 rings (SSSR count). The van der Waals surface area contributed by atoms with Crippen LogP contribution in [0.4, 0.5) is 4.79 Å². The number of carbonyl (C=O) groups excluding carboxylic acids is 2. The molecule has 4 fully saturated rings. The molecule has 0 radical (unpaired) electrons. The highest BCUT2D eigenvalue weighted by Gasteiger charge is 2.66. The van der Waals surface area contributed by atoms with Crippen LogP contribution in [0.2, 0.25) is 6.04 Å².